The molecule has 1 saturated heterocycles. The van der Waals surface area contributed by atoms with Gasteiger partial charge in [-0.25, -0.2) is 0 Å². The van der Waals surface area contributed by atoms with Crippen molar-refractivity contribution in [2.24, 2.45) is 0 Å². The van der Waals surface area contributed by atoms with Crippen LogP contribution in [0.5, 0.6) is 11.5 Å². The second-order valence-electron chi connectivity index (χ2n) is 6.14. The van der Waals surface area contributed by atoms with Crippen molar-refractivity contribution in [1.82, 2.24) is 15.5 Å². The molecule has 8 nitrogen and oxygen atoms in total. The first kappa shape index (κ1) is 18.3. The molecule has 0 spiro atoms. The minimum absolute atomic E-state index is 0.0540. The fourth-order valence-electron chi connectivity index (χ4n) is 2.78. The number of carbonyl (C=O) groups is 1. The van der Waals surface area contributed by atoms with Crippen LogP contribution in [-0.2, 0) is 16.1 Å². The Balaban J connectivity index is 1.18. The van der Waals surface area contributed by atoms with Gasteiger partial charge in [-0.1, -0.05) is 29.2 Å². The van der Waals surface area contributed by atoms with Gasteiger partial charge in [-0.3, -0.25) is 4.79 Å². The number of carbonyl (C=O) groups excluding carboxylic acids is 1. The number of nitrogens with zero attached hydrogens (tertiary/aromatic N) is 2. The fraction of sp³-hybridized carbons (Fsp3) is 0.471. The highest BCUT2D eigenvalue weighted by Crippen LogP contribution is 2.32. The first-order valence-electron chi connectivity index (χ1n) is 8.73. The molecule has 0 saturated carbocycles. The van der Waals surface area contributed by atoms with Gasteiger partial charge in [0.15, 0.2) is 15.8 Å². The van der Waals surface area contributed by atoms with Crippen LogP contribution in [0.2, 0.25) is 0 Å². The Morgan fingerprint density at radius 3 is 3.11 bits per heavy atom. The molecule has 1 fully saturated rings. The third-order valence-electron chi connectivity index (χ3n) is 4.16. The normalized spacial score (nSPS) is 17.9. The predicted molar refractivity (Wildman–Crippen MR) is 103 cm³/mol. The number of benzene rings is 1. The number of rotatable bonds is 8. The van der Waals surface area contributed by atoms with Crippen LogP contribution in [0.1, 0.15) is 18.4 Å². The summed E-state index contributed by atoms with van der Waals surface area (Å²) >= 11 is 2.83. The molecule has 2 aliphatic rings. The molecule has 1 aromatic heterocycles. The van der Waals surface area contributed by atoms with Crippen LogP contribution in [0, 0.1) is 0 Å². The third kappa shape index (κ3) is 5.02. The lowest BCUT2D eigenvalue weighted by Crippen LogP contribution is -2.24. The van der Waals surface area contributed by atoms with Crippen molar-refractivity contribution < 1.29 is 19.0 Å². The lowest BCUT2D eigenvalue weighted by Gasteiger charge is -2.08. The first-order valence-corrected chi connectivity index (χ1v) is 10.5. The van der Waals surface area contributed by atoms with E-state index in [1.165, 1.54) is 23.1 Å². The largest absolute Gasteiger partial charge is 0.454 e. The van der Waals surface area contributed by atoms with Crippen LogP contribution in [0.3, 0.4) is 0 Å². The van der Waals surface area contributed by atoms with Crippen LogP contribution in [0.4, 0.5) is 5.13 Å². The van der Waals surface area contributed by atoms with Crippen LogP contribution >= 0.6 is 23.1 Å². The quantitative estimate of drug-likeness (QED) is 0.643. The molecular formula is C17H20N4O4S2. The number of hydrogen-bond donors (Lipinski definition) is 2. The van der Waals surface area contributed by atoms with E-state index >= 15 is 0 Å². The van der Waals surface area contributed by atoms with Crippen LogP contribution < -0.4 is 20.1 Å². The number of aromatic nitrogens is 2. The van der Waals surface area contributed by atoms with Crippen LogP contribution in [-0.4, -0.2) is 47.9 Å². The summed E-state index contributed by atoms with van der Waals surface area (Å²) in [5.74, 6) is 1.70. The molecule has 0 aliphatic carbocycles. The monoisotopic (exact) mass is 408 g/mol. The standard InChI is InChI=1S/C17H20N4O4S2/c22-15(18-7-11-3-4-13-14(6-11)25-10-24-13)9-26-17-21-20-16(27-17)19-8-12-2-1-5-23-12/h3-4,6,12H,1-2,5,7-10H2,(H,18,22)(H,19,20)/t12-/m0/s1. The summed E-state index contributed by atoms with van der Waals surface area (Å²) in [6.07, 6.45) is 2.45. The van der Waals surface area contributed by atoms with Crippen molar-refractivity contribution in [1.29, 1.82) is 0 Å². The topological polar surface area (TPSA) is 94.6 Å². The van der Waals surface area contributed by atoms with Crippen molar-refractivity contribution >= 4 is 34.1 Å². The van der Waals surface area contributed by atoms with E-state index in [-0.39, 0.29) is 18.8 Å². The van der Waals surface area contributed by atoms with E-state index in [1.54, 1.807) is 0 Å². The highest BCUT2D eigenvalue weighted by molar-refractivity contribution is 8.01. The molecule has 2 aliphatic heterocycles. The molecule has 1 amide bonds. The summed E-state index contributed by atoms with van der Waals surface area (Å²) in [7, 11) is 0. The van der Waals surface area contributed by atoms with Gasteiger partial charge in [0.25, 0.3) is 0 Å². The van der Waals surface area contributed by atoms with Gasteiger partial charge in [0.1, 0.15) is 0 Å². The van der Waals surface area contributed by atoms with E-state index in [0.29, 0.717) is 18.0 Å². The zero-order valence-corrected chi connectivity index (χ0v) is 16.2. The Morgan fingerprint density at radius 1 is 1.30 bits per heavy atom. The number of ether oxygens (including phenoxy) is 3. The lowest BCUT2D eigenvalue weighted by molar-refractivity contribution is -0.118. The van der Waals surface area contributed by atoms with E-state index in [2.05, 4.69) is 20.8 Å². The lowest BCUT2D eigenvalue weighted by atomic mass is 10.2. The number of nitrogens with one attached hydrogen (secondary N) is 2. The molecule has 0 bridgehead atoms. The smallest absolute Gasteiger partial charge is 0.231 e. The van der Waals surface area contributed by atoms with Crippen molar-refractivity contribution in [3.63, 3.8) is 0 Å². The summed E-state index contributed by atoms with van der Waals surface area (Å²) in [4.78, 5) is 12.1. The number of fused-ring (bicyclic) bond motifs is 1. The minimum atomic E-state index is -0.0540. The predicted octanol–water partition coefficient (Wildman–Crippen LogP) is 2.27. The molecule has 1 atom stereocenters. The Labute approximate surface area is 165 Å². The van der Waals surface area contributed by atoms with E-state index in [1.807, 2.05) is 18.2 Å². The molecule has 10 heteroatoms. The minimum Gasteiger partial charge on any atom is -0.454 e. The average Bonchev–Trinajstić information content (AvgIpc) is 3.44. The van der Waals surface area contributed by atoms with Crippen LogP contribution in [0.25, 0.3) is 0 Å². The second kappa shape index (κ2) is 8.77. The molecule has 144 valence electrons. The number of amides is 1. The van der Waals surface area contributed by atoms with E-state index in [4.69, 9.17) is 14.2 Å². The van der Waals surface area contributed by atoms with Gasteiger partial charge in [0.2, 0.25) is 17.8 Å². The van der Waals surface area contributed by atoms with Gasteiger partial charge >= 0.3 is 0 Å². The molecule has 1 aromatic carbocycles. The molecule has 2 aromatic rings. The average molecular weight is 409 g/mol. The van der Waals surface area contributed by atoms with E-state index in [9.17, 15) is 4.79 Å². The fourth-order valence-corrected chi connectivity index (χ4v) is 4.36. The summed E-state index contributed by atoms with van der Waals surface area (Å²) in [5, 5.41) is 15.1. The molecule has 0 radical (unpaired) electrons. The maximum Gasteiger partial charge on any atom is 0.231 e. The SMILES string of the molecule is O=C(CSc1nnc(NC[C@@H]2CCCO2)s1)NCc1ccc2c(c1)OCO2. The van der Waals surface area contributed by atoms with E-state index < -0.39 is 0 Å². The summed E-state index contributed by atoms with van der Waals surface area (Å²) in [6, 6.07) is 5.65. The molecule has 4 rings (SSSR count). The van der Waals surface area contributed by atoms with Crippen molar-refractivity contribution in [3.05, 3.63) is 23.8 Å². The number of thioether (sulfide) groups is 1. The van der Waals surface area contributed by atoms with Gasteiger partial charge in [-0.15, -0.1) is 10.2 Å². The van der Waals surface area contributed by atoms with Gasteiger partial charge in [-0.05, 0) is 30.5 Å². The zero-order valence-electron chi connectivity index (χ0n) is 14.6. The summed E-state index contributed by atoms with van der Waals surface area (Å²) in [6.45, 7) is 2.27. The zero-order chi connectivity index (χ0) is 18.5. The van der Waals surface area contributed by atoms with Crippen molar-refractivity contribution in [2.45, 2.75) is 29.8 Å². The first-order chi connectivity index (χ1) is 13.3. The van der Waals surface area contributed by atoms with Crippen molar-refractivity contribution in [2.75, 3.05) is 31.0 Å². The maximum absolute atomic E-state index is 12.1. The molecule has 27 heavy (non-hydrogen) atoms. The number of anilines is 1. The van der Waals surface area contributed by atoms with E-state index in [0.717, 1.165) is 46.8 Å². The second-order valence-corrected chi connectivity index (χ2v) is 8.34. The molecule has 3 heterocycles. The van der Waals surface area contributed by atoms with Crippen molar-refractivity contribution in [3.8, 4) is 11.5 Å². The van der Waals surface area contributed by atoms with Gasteiger partial charge in [-0.2, -0.15) is 0 Å². The third-order valence-corrected chi connectivity index (χ3v) is 6.18. The molecular weight excluding hydrogens is 388 g/mol. The number of hydrogen-bond acceptors (Lipinski definition) is 9. The van der Waals surface area contributed by atoms with Crippen LogP contribution in [0.15, 0.2) is 22.5 Å². The Morgan fingerprint density at radius 2 is 2.22 bits per heavy atom. The summed E-state index contributed by atoms with van der Waals surface area (Å²) < 4.78 is 17.0. The van der Waals surface area contributed by atoms with Gasteiger partial charge < -0.3 is 24.8 Å². The Bertz CT molecular complexity index is 795. The van der Waals surface area contributed by atoms with Gasteiger partial charge in [0.05, 0.1) is 11.9 Å². The maximum atomic E-state index is 12.1. The highest BCUT2D eigenvalue weighted by atomic mass is 32.2. The van der Waals surface area contributed by atoms with Gasteiger partial charge in [0, 0.05) is 19.7 Å². The highest BCUT2D eigenvalue weighted by Gasteiger charge is 2.16. The summed E-state index contributed by atoms with van der Waals surface area (Å²) in [5.41, 5.74) is 0.967. The molecule has 0 unspecified atom stereocenters. The Hall–Kier alpha value is -2.04. The Kier molecular flexibility index (Phi) is 5.95. The molecule has 2 N–H and O–H groups in total.